The van der Waals surface area contributed by atoms with Crippen molar-refractivity contribution >= 4 is 11.6 Å². The van der Waals surface area contributed by atoms with E-state index in [0.717, 1.165) is 24.5 Å². The Morgan fingerprint density at radius 3 is 2.47 bits per heavy atom. The number of benzene rings is 1. The van der Waals surface area contributed by atoms with Crippen molar-refractivity contribution in [3.63, 3.8) is 0 Å². The van der Waals surface area contributed by atoms with Crippen LogP contribution in [0.2, 0.25) is 5.02 Å². The molecule has 3 unspecified atom stereocenters. The Morgan fingerprint density at radius 2 is 2.00 bits per heavy atom. The van der Waals surface area contributed by atoms with Crippen LogP contribution in [0.3, 0.4) is 0 Å². The second-order valence-electron chi connectivity index (χ2n) is 5.07. The summed E-state index contributed by atoms with van der Waals surface area (Å²) in [6.07, 6.45) is 1.11. The summed E-state index contributed by atoms with van der Waals surface area (Å²) < 4.78 is 0. The molecule has 1 fully saturated rings. The van der Waals surface area contributed by atoms with Gasteiger partial charge in [0.25, 0.3) is 0 Å². The third-order valence-electron chi connectivity index (χ3n) is 3.78. The molecule has 3 heteroatoms. The Balaban J connectivity index is 2.14. The Kier molecular flexibility index (Phi) is 4.08. The third kappa shape index (κ3) is 2.82. The highest BCUT2D eigenvalue weighted by Crippen LogP contribution is 2.30. The summed E-state index contributed by atoms with van der Waals surface area (Å²) in [5.41, 5.74) is 7.45. The molecule has 0 amide bonds. The van der Waals surface area contributed by atoms with Crippen LogP contribution in [0.4, 0.5) is 0 Å². The van der Waals surface area contributed by atoms with Gasteiger partial charge in [-0.15, -0.1) is 0 Å². The van der Waals surface area contributed by atoms with Gasteiger partial charge in [-0.05, 0) is 30.0 Å². The standard InChI is InChI=1S/C14H21ClN2/c1-3-14(11-4-6-12(15)7-5-11)17-8-10(2)13(16)9-17/h4-7,10,13-14H,3,8-9,16H2,1-2H3. The maximum atomic E-state index is 6.10. The van der Waals surface area contributed by atoms with E-state index < -0.39 is 0 Å². The van der Waals surface area contributed by atoms with Gasteiger partial charge in [-0.2, -0.15) is 0 Å². The largest absolute Gasteiger partial charge is 0.326 e. The van der Waals surface area contributed by atoms with Crippen molar-refractivity contribution in [3.05, 3.63) is 34.9 Å². The fourth-order valence-electron chi connectivity index (χ4n) is 2.67. The summed E-state index contributed by atoms with van der Waals surface area (Å²) in [6, 6.07) is 8.99. The fourth-order valence-corrected chi connectivity index (χ4v) is 2.80. The lowest BCUT2D eigenvalue weighted by molar-refractivity contribution is 0.231. The van der Waals surface area contributed by atoms with E-state index in [1.54, 1.807) is 0 Å². The van der Waals surface area contributed by atoms with E-state index in [2.05, 4.69) is 30.9 Å². The van der Waals surface area contributed by atoms with Gasteiger partial charge < -0.3 is 5.73 Å². The summed E-state index contributed by atoms with van der Waals surface area (Å²) in [6.45, 7) is 6.57. The monoisotopic (exact) mass is 252 g/mol. The van der Waals surface area contributed by atoms with Gasteiger partial charge in [0.2, 0.25) is 0 Å². The molecule has 3 atom stereocenters. The summed E-state index contributed by atoms with van der Waals surface area (Å²) in [7, 11) is 0. The van der Waals surface area contributed by atoms with Crippen molar-refractivity contribution in [2.24, 2.45) is 11.7 Å². The molecule has 0 radical (unpaired) electrons. The highest BCUT2D eigenvalue weighted by Gasteiger charge is 2.31. The highest BCUT2D eigenvalue weighted by molar-refractivity contribution is 6.30. The van der Waals surface area contributed by atoms with Gasteiger partial charge in [-0.25, -0.2) is 0 Å². The van der Waals surface area contributed by atoms with Gasteiger partial charge in [-0.1, -0.05) is 37.6 Å². The zero-order valence-corrected chi connectivity index (χ0v) is 11.3. The van der Waals surface area contributed by atoms with Crippen LogP contribution in [0.15, 0.2) is 24.3 Å². The van der Waals surface area contributed by atoms with Crippen molar-refractivity contribution in [1.29, 1.82) is 0 Å². The molecule has 1 aliphatic heterocycles. The number of nitrogens with zero attached hydrogens (tertiary/aromatic N) is 1. The van der Waals surface area contributed by atoms with Gasteiger partial charge in [0, 0.05) is 30.2 Å². The van der Waals surface area contributed by atoms with Crippen molar-refractivity contribution < 1.29 is 0 Å². The van der Waals surface area contributed by atoms with Gasteiger partial charge in [0.1, 0.15) is 0 Å². The molecule has 1 aliphatic rings. The van der Waals surface area contributed by atoms with Gasteiger partial charge in [0.15, 0.2) is 0 Å². The van der Waals surface area contributed by atoms with E-state index >= 15 is 0 Å². The molecule has 1 heterocycles. The topological polar surface area (TPSA) is 29.3 Å². The lowest BCUT2D eigenvalue weighted by atomic mass is 10.0. The molecule has 17 heavy (non-hydrogen) atoms. The minimum atomic E-state index is 0.316. The minimum Gasteiger partial charge on any atom is -0.326 e. The first kappa shape index (κ1) is 12.9. The zero-order chi connectivity index (χ0) is 12.4. The van der Waals surface area contributed by atoms with Crippen LogP contribution in [-0.4, -0.2) is 24.0 Å². The highest BCUT2D eigenvalue weighted by atomic mass is 35.5. The molecule has 0 spiro atoms. The fraction of sp³-hybridized carbons (Fsp3) is 0.571. The van der Waals surface area contributed by atoms with Crippen molar-refractivity contribution in [2.45, 2.75) is 32.4 Å². The van der Waals surface area contributed by atoms with E-state index in [1.165, 1.54) is 5.56 Å². The average molecular weight is 253 g/mol. The molecule has 94 valence electrons. The Hall–Kier alpha value is -0.570. The lowest BCUT2D eigenvalue weighted by Crippen LogP contribution is -2.30. The second kappa shape index (κ2) is 5.38. The zero-order valence-electron chi connectivity index (χ0n) is 10.6. The van der Waals surface area contributed by atoms with Crippen molar-refractivity contribution in [2.75, 3.05) is 13.1 Å². The van der Waals surface area contributed by atoms with Crippen molar-refractivity contribution in [3.8, 4) is 0 Å². The van der Waals surface area contributed by atoms with Crippen LogP contribution in [0.25, 0.3) is 0 Å². The predicted molar refractivity (Wildman–Crippen MR) is 73.2 cm³/mol. The third-order valence-corrected chi connectivity index (χ3v) is 4.03. The summed E-state index contributed by atoms with van der Waals surface area (Å²) >= 11 is 5.93. The number of nitrogens with two attached hydrogens (primary N) is 1. The number of halogens is 1. The normalized spacial score (nSPS) is 27.3. The summed E-state index contributed by atoms with van der Waals surface area (Å²) in [4.78, 5) is 2.50. The first-order chi connectivity index (χ1) is 8.11. The molecule has 2 rings (SSSR count). The minimum absolute atomic E-state index is 0.316. The molecule has 2 nitrogen and oxygen atoms in total. The molecule has 0 bridgehead atoms. The Labute approximate surface area is 109 Å². The van der Waals surface area contributed by atoms with E-state index in [0.29, 0.717) is 18.0 Å². The SMILES string of the molecule is CCC(c1ccc(Cl)cc1)N1CC(C)C(N)C1. The van der Waals surface area contributed by atoms with E-state index in [9.17, 15) is 0 Å². The molecule has 1 saturated heterocycles. The Bertz CT molecular complexity index is 353. The van der Waals surface area contributed by atoms with E-state index in [4.69, 9.17) is 17.3 Å². The average Bonchev–Trinajstić information content (AvgIpc) is 2.63. The number of likely N-dealkylation sites (tertiary alicyclic amines) is 1. The van der Waals surface area contributed by atoms with Crippen LogP contribution < -0.4 is 5.73 Å². The van der Waals surface area contributed by atoms with Gasteiger partial charge in [0.05, 0.1) is 0 Å². The quantitative estimate of drug-likeness (QED) is 0.896. The maximum absolute atomic E-state index is 6.10. The van der Waals surface area contributed by atoms with E-state index in [-0.39, 0.29) is 0 Å². The molecule has 0 aromatic heterocycles. The predicted octanol–water partition coefficient (Wildman–Crippen LogP) is 3.07. The van der Waals surface area contributed by atoms with Crippen LogP contribution >= 0.6 is 11.6 Å². The second-order valence-corrected chi connectivity index (χ2v) is 5.51. The van der Waals surface area contributed by atoms with Gasteiger partial charge in [-0.3, -0.25) is 4.90 Å². The molecular formula is C14H21ClN2. The van der Waals surface area contributed by atoms with Crippen molar-refractivity contribution in [1.82, 2.24) is 4.90 Å². The molecule has 0 aliphatic carbocycles. The smallest absolute Gasteiger partial charge is 0.0406 e. The molecule has 1 aromatic rings. The first-order valence-electron chi connectivity index (χ1n) is 6.37. The van der Waals surface area contributed by atoms with Gasteiger partial charge >= 0.3 is 0 Å². The lowest BCUT2D eigenvalue weighted by Gasteiger charge is -2.27. The maximum Gasteiger partial charge on any atom is 0.0406 e. The summed E-state index contributed by atoms with van der Waals surface area (Å²) in [5, 5.41) is 0.801. The van der Waals surface area contributed by atoms with Crippen LogP contribution in [-0.2, 0) is 0 Å². The van der Waals surface area contributed by atoms with Crippen LogP contribution in [0.1, 0.15) is 31.9 Å². The van der Waals surface area contributed by atoms with Crippen LogP contribution in [0.5, 0.6) is 0 Å². The number of hydrogen-bond acceptors (Lipinski definition) is 2. The van der Waals surface area contributed by atoms with Crippen LogP contribution in [0, 0.1) is 5.92 Å². The Morgan fingerprint density at radius 1 is 1.35 bits per heavy atom. The number of rotatable bonds is 3. The molecule has 0 saturated carbocycles. The molecule has 1 aromatic carbocycles. The molecular weight excluding hydrogens is 232 g/mol. The first-order valence-corrected chi connectivity index (χ1v) is 6.74. The molecule has 2 N–H and O–H groups in total. The number of hydrogen-bond donors (Lipinski definition) is 1. The van der Waals surface area contributed by atoms with E-state index in [1.807, 2.05) is 12.1 Å². The summed E-state index contributed by atoms with van der Waals surface area (Å²) in [5.74, 6) is 0.594.